The number of aliphatic hydroxyl groups excluding tert-OH is 1. The molecule has 3 saturated heterocycles. The molecule has 2 unspecified atom stereocenters. The van der Waals surface area contributed by atoms with Crippen LogP contribution in [0.1, 0.15) is 35.6 Å². The summed E-state index contributed by atoms with van der Waals surface area (Å²) in [6.07, 6.45) is 4.79. The number of hydrogen-bond acceptors (Lipinski definition) is 5. The maximum atomic E-state index is 14.9. The van der Waals surface area contributed by atoms with Gasteiger partial charge in [0.1, 0.15) is 6.04 Å². The number of aryl methyl sites for hydroxylation is 2. The Kier molecular flexibility index (Phi) is 8.17. The average Bonchev–Trinajstić information content (AvgIpc) is 3.61. The van der Waals surface area contributed by atoms with Crippen LogP contribution in [0.4, 0.5) is 5.69 Å². The first-order chi connectivity index (χ1) is 19.7. The van der Waals surface area contributed by atoms with Crippen LogP contribution >= 0.6 is 11.8 Å². The van der Waals surface area contributed by atoms with Gasteiger partial charge in [-0.25, -0.2) is 0 Å². The summed E-state index contributed by atoms with van der Waals surface area (Å²) in [6, 6.07) is 13.8. The summed E-state index contributed by atoms with van der Waals surface area (Å²) in [7, 11) is 1.74. The van der Waals surface area contributed by atoms with Crippen LogP contribution in [0.25, 0.3) is 0 Å². The molecule has 6 atom stereocenters. The molecule has 7 nitrogen and oxygen atoms in total. The summed E-state index contributed by atoms with van der Waals surface area (Å²) in [4.78, 5) is 48.3. The quantitative estimate of drug-likeness (QED) is 0.429. The van der Waals surface area contributed by atoms with Crippen molar-refractivity contribution >= 4 is 35.2 Å². The Morgan fingerprint density at radius 2 is 1.83 bits per heavy atom. The second-order valence-electron chi connectivity index (χ2n) is 11.4. The van der Waals surface area contributed by atoms with Crippen molar-refractivity contribution in [1.82, 2.24) is 9.80 Å². The number of likely N-dealkylation sites (tertiary alicyclic amines) is 1. The number of likely N-dealkylation sites (N-methyl/N-ethyl adjacent to an activating group) is 1. The molecular formula is C33H39N3O4S. The lowest BCUT2D eigenvalue weighted by atomic mass is 9.70. The van der Waals surface area contributed by atoms with Crippen LogP contribution in [-0.2, 0) is 14.4 Å². The highest BCUT2D eigenvalue weighted by Crippen LogP contribution is 2.67. The Hall–Kier alpha value is -3.36. The Bertz CT molecular complexity index is 1360. The van der Waals surface area contributed by atoms with Crippen molar-refractivity contribution in [3.05, 3.63) is 90.5 Å². The Labute approximate surface area is 246 Å². The summed E-state index contributed by atoms with van der Waals surface area (Å²) in [5.74, 6) is -1.71. The van der Waals surface area contributed by atoms with Crippen molar-refractivity contribution in [1.29, 1.82) is 0 Å². The van der Waals surface area contributed by atoms with Crippen LogP contribution in [0.5, 0.6) is 0 Å². The van der Waals surface area contributed by atoms with E-state index in [1.807, 2.05) is 62.4 Å². The first-order valence-electron chi connectivity index (χ1n) is 14.2. The molecule has 2 aromatic rings. The van der Waals surface area contributed by atoms with Gasteiger partial charge >= 0.3 is 0 Å². The van der Waals surface area contributed by atoms with Gasteiger partial charge in [-0.2, -0.15) is 0 Å². The molecule has 2 aromatic carbocycles. The molecule has 1 spiro atoms. The van der Waals surface area contributed by atoms with Crippen molar-refractivity contribution in [3.8, 4) is 0 Å². The van der Waals surface area contributed by atoms with Crippen molar-refractivity contribution in [2.75, 3.05) is 31.6 Å². The maximum Gasteiger partial charge on any atom is 0.251 e. The number of thioether (sulfide) groups is 1. The van der Waals surface area contributed by atoms with Crippen LogP contribution in [0.3, 0.4) is 0 Å². The number of fused-ring (bicyclic) bond motifs is 1. The number of carbonyl (C=O) groups is 3. The molecule has 5 rings (SSSR count). The standard InChI is InChI=1S/C33H39N3O4S/c1-6-17-34(5)30(38)27-26-15-16-33(41-26)28(27)31(39)36(25(20-37)23-11-9-8-10-12-23)29(33)32(40)35(18-7-2)24-19-21(3)13-14-22(24)4/h6-14,19,25-29,37H,1-2,15-18,20H2,3-5H3/t25-,26-,27+,28+,29?,33?/m1/s1. The molecule has 0 saturated carbocycles. The molecule has 3 aliphatic rings. The Morgan fingerprint density at radius 3 is 2.49 bits per heavy atom. The van der Waals surface area contributed by atoms with E-state index in [1.165, 1.54) is 0 Å². The monoisotopic (exact) mass is 573 g/mol. The molecule has 8 heteroatoms. The van der Waals surface area contributed by atoms with Gasteiger partial charge in [-0.3, -0.25) is 14.4 Å². The zero-order valence-electron chi connectivity index (χ0n) is 24.0. The summed E-state index contributed by atoms with van der Waals surface area (Å²) in [6.45, 7) is 12.0. The number of anilines is 1. The predicted octanol–water partition coefficient (Wildman–Crippen LogP) is 4.29. The minimum atomic E-state index is -0.852. The van der Waals surface area contributed by atoms with Gasteiger partial charge in [0.05, 0.1) is 29.2 Å². The van der Waals surface area contributed by atoms with E-state index in [4.69, 9.17) is 0 Å². The van der Waals surface area contributed by atoms with Gasteiger partial charge in [0, 0.05) is 31.1 Å². The zero-order valence-corrected chi connectivity index (χ0v) is 24.8. The van der Waals surface area contributed by atoms with E-state index >= 15 is 0 Å². The topological polar surface area (TPSA) is 81.2 Å². The highest BCUT2D eigenvalue weighted by molar-refractivity contribution is 8.02. The average molecular weight is 574 g/mol. The third-order valence-electron chi connectivity index (χ3n) is 8.96. The van der Waals surface area contributed by atoms with E-state index in [9.17, 15) is 19.5 Å². The lowest BCUT2D eigenvalue weighted by Gasteiger charge is -2.40. The van der Waals surface area contributed by atoms with Crippen molar-refractivity contribution in [2.24, 2.45) is 11.8 Å². The summed E-state index contributed by atoms with van der Waals surface area (Å²) < 4.78 is -0.770. The molecule has 0 aromatic heterocycles. The van der Waals surface area contributed by atoms with Gasteiger partial charge in [0.15, 0.2) is 0 Å². The highest BCUT2D eigenvalue weighted by atomic mass is 32.2. The van der Waals surface area contributed by atoms with Crippen LogP contribution in [0, 0.1) is 25.7 Å². The molecule has 41 heavy (non-hydrogen) atoms. The van der Waals surface area contributed by atoms with Crippen LogP contribution in [0.2, 0.25) is 0 Å². The third-order valence-corrected chi connectivity index (χ3v) is 10.9. The fourth-order valence-electron chi connectivity index (χ4n) is 7.15. The smallest absolute Gasteiger partial charge is 0.251 e. The minimum Gasteiger partial charge on any atom is -0.394 e. The Morgan fingerprint density at radius 1 is 1.12 bits per heavy atom. The van der Waals surface area contributed by atoms with Crippen molar-refractivity contribution in [2.45, 2.75) is 48.8 Å². The maximum absolute atomic E-state index is 14.9. The van der Waals surface area contributed by atoms with Crippen molar-refractivity contribution in [3.63, 3.8) is 0 Å². The fourth-order valence-corrected chi connectivity index (χ4v) is 9.34. The van der Waals surface area contributed by atoms with Crippen LogP contribution in [0.15, 0.2) is 73.8 Å². The van der Waals surface area contributed by atoms with Crippen LogP contribution in [-0.4, -0.2) is 75.4 Å². The van der Waals surface area contributed by atoms with Gasteiger partial charge in [-0.15, -0.1) is 24.9 Å². The summed E-state index contributed by atoms with van der Waals surface area (Å²) in [5, 5.41) is 10.7. The SMILES string of the molecule is C=CCN(C)C(=O)[C@@H]1[C@H]2C(=O)N([C@H](CO)c3ccccc3)C(C(=O)N(CC=C)c3cc(C)ccc3C)C23CC[C@H]1S3. The second kappa shape index (κ2) is 11.5. The lowest BCUT2D eigenvalue weighted by Crippen LogP contribution is -2.56. The summed E-state index contributed by atoms with van der Waals surface area (Å²) >= 11 is 1.64. The summed E-state index contributed by atoms with van der Waals surface area (Å²) in [5.41, 5.74) is 3.50. The largest absolute Gasteiger partial charge is 0.394 e. The molecule has 2 bridgehead atoms. The molecule has 3 fully saturated rings. The number of aliphatic hydroxyl groups is 1. The molecule has 3 aliphatic heterocycles. The number of amides is 3. The van der Waals surface area contributed by atoms with Gasteiger partial charge < -0.3 is 19.8 Å². The van der Waals surface area contributed by atoms with Gasteiger partial charge in [0.2, 0.25) is 11.8 Å². The number of rotatable bonds is 10. The third kappa shape index (κ3) is 4.71. The van der Waals surface area contributed by atoms with E-state index < -0.39 is 28.7 Å². The number of hydrogen-bond donors (Lipinski definition) is 1. The zero-order chi connectivity index (χ0) is 29.5. The normalized spacial score (nSPS) is 26.9. The molecule has 216 valence electrons. The van der Waals surface area contributed by atoms with Crippen LogP contribution < -0.4 is 4.90 Å². The molecule has 1 N–H and O–H groups in total. The first-order valence-corrected chi connectivity index (χ1v) is 15.1. The van der Waals surface area contributed by atoms with E-state index in [0.717, 1.165) is 28.8 Å². The van der Waals surface area contributed by atoms with Gasteiger partial charge in [-0.1, -0.05) is 54.6 Å². The molecule has 0 radical (unpaired) electrons. The number of nitrogens with zero attached hydrogens (tertiary/aromatic N) is 3. The fraction of sp³-hybridized carbons (Fsp3) is 0.424. The number of benzene rings is 2. The second-order valence-corrected chi connectivity index (χ2v) is 13.0. The Balaban J connectivity index is 1.66. The first kappa shape index (κ1) is 29.1. The van der Waals surface area contributed by atoms with Crippen molar-refractivity contribution < 1.29 is 19.5 Å². The molecule has 3 heterocycles. The van der Waals surface area contributed by atoms with E-state index in [1.54, 1.807) is 45.7 Å². The van der Waals surface area contributed by atoms with E-state index in [2.05, 4.69) is 13.2 Å². The predicted molar refractivity (Wildman–Crippen MR) is 164 cm³/mol. The lowest BCUT2D eigenvalue weighted by molar-refractivity contribution is -0.145. The molecule has 3 amide bonds. The van der Waals surface area contributed by atoms with E-state index in [-0.39, 0.29) is 36.1 Å². The molecular weight excluding hydrogens is 534 g/mol. The highest BCUT2D eigenvalue weighted by Gasteiger charge is 2.74. The van der Waals surface area contributed by atoms with E-state index in [0.29, 0.717) is 13.0 Å². The van der Waals surface area contributed by atoms with Gasteiger partial charge in [-0.05, 0) is 49.4 Å². The van der Waals surface area contributed by atoms with Gasteiger partial charge in [0.25, 0.3) is 5.91 Å². The minimum absolute atomic E-state index is 0.0426. The number of carbonyl (C=O) groups excluding carboxylic acids is 3. The molecule has 0 aliphatic carbocycles.